The van der Waals surface area contributed by atoms with Crippen LogP contribution in [0.3, 0.4) is 0 Å². The maximum Gasteiger partial charge on any atom is 0.291 e. The lowest BCUT2D eigenvalue weighted by atomic mass is 10.2. The van der Waals surface area contributed by atoms with Crippen molar-refractivity contribution in [3.63, 3.8) is 0 Å². The van der Waals surface area contributed by atoms with Crippen molar-refractivity contribution in [1.29, 1.82) is 0 Å². The van der Waals surface area contributed by atoms with Crippen molar-refractivity contribution < 1.29 is 9.32 Å². The van der Waals surface area contributed by atoms with Gasteiger partial charge in [0, 0.05) is 5.56 Å². The monoisotopic (exact) mass is 192 g/mol. The lowest BCUT2D eigenvalue weighted by molar-refractivity contribution is 0.0907. The summed E-state index contributed by atoms with van der Waals surface area (Å²) < 4.78 is 4.79. The number of rotatable bonds is 3. The van der Waals surface area contributed by atoms with E-state index in [9.17, 15) is 4.79 Å². The van der Waals surface area contributed by atoms with Gasteiger partial charge in [0.25, 0.3) is 5.91 Å². The predicted molar refractivity (Wildman–Crippen MR) is 51.6 cm³/mol. The molecule has 1 heterocycles. The molecule has 14 heavy (non-hydrogen) atoms. The zero-order valence-electron chi connectivity index (χ0n) is 8.20. The van der Waals surface area contributed by atoms with Gasteiger partial charge >= 0.3 is 0 Å². The number of aryl methyl sites for hydroxylation is 1. The van der Waals surface area contributed by atoms with E-state index in [1.807, 2.05) is 6.92 Å². The summed E-state index contributed by atoms with van der Waals surface area (Å²) in [5, 5.41) is 6.17. The van der Waals surface area contributed by atoms with Crippen molar-refractivity contribution in [3.05, 3.63) is 17.5 Å². The molecule has 0 spiro atoms. The van der Waals surface area contributed by atoms with Crippen molar-refractivity contribution in [2.24, 2.45) is 0 Å². The number of carbonyl (C=O) groups is 1. The van der Waals surface area contributed by atoms with E-state index >= 15 is 0 Å². The molecule has 0 aliphatic rings. The quantitative estimate of drug-likeness (QED) is 0.730. The fourth-order valence-corrected chi connectivity index (χ4v) is 0.995. The van der Waals surface area contributed by atoms with E-state index in [-0.39, 0.29) is 17.7 Å². The Labute approximate surface area is 82.7 Å². The van der Waals surface area contributed by atoms with Gasteiger partial charge in [-0.25, -0.2) is 0 Å². The number of aromatic nitrogens is 1. The zero-order chi connectivity index (χ0) is 10.6. The van der Waals surface area contributed by atoms with Crippen LogP contribution in [-0.4, -0.2) is 17.1 Å². The van der Waals surface area contributed by atoms with Crippen LogP contribution in [0.2, 0.25) is 0 Å². The van der Waals surface area contributed by atoms with E-state index in [4.69, 9.17) is 10.9 Å². The molecule has 1 aromatic heterocycles. The molecule has 0 radical (unpaired) electrons. The molecular formula is C10H12N2O2. The first kappa shape index (κ1) is 10.3. The molecule has 0 fully saturated rings. The van der Waals surface area contributed by atoms with Crippen LogP contribution in [0, 0.1) is 19.3 Å². The number of nitrogens with one attached hydrogen (secondary N) is 1. The van der Waals surface area contributed by atoms with Crippen LogP contribution in [0.25, 0.3) is 0 Å². The summed E-state index contributed by atoms with van der Waals surface area (Å²) in [6, 6.07) is -0.257. The first-order chi connectivity index (χ1) is 6.69. The Kier molecular flexibility index (Phi) is 3.29. The van der Waals surface area contributed by atoms with Gasteiger partial charge in [-0.15, -0.1) is 6.42 Å². The second-order valence-corrected chi connectivity index (χ2v) is 2.94. The molecule has 0 bridgehead atoms. The minimum atomic E-state index is -0.315. The zero-order valence-corrected chi connectivity index (χ0v) is 8.20. The molecule has 1 unspecified atom stereocenters. The average molecular weight is 192 g/mol. The van der Waals surface area contributed by atoms with Gasteiger partial charge in [-0.05, 0) is 13.3 Å². The van der Waals surface area contributed by atoms with Gasteiger partial charge in [0.05, 0.1) is 12.2 Å². The van der Waals surface area contributed by atoms with E-state index < -0.39 is 0 Å². The Morgan fingerprint density at radius 3 is 3.00 bits per heavy atom. The first-order valence-electron chi connectivity index (χ1n) is 4.37. The lowest BCUT2D eigenvalue weighted by Crippen LogP contribution is -2.33. The van der Waals surface area contributed by atoms with Crippen LogP contribution in [0.4, 0.5) is 0 Å². The van der Waals surface area contributed by atoms with Gasteiger partial charge in [0.15, 0.2) is 0 Å². The van der Waals surface area contributed by atoms with E-state index in [1.54, 1.807) is 6.92 Å². The van der Waals surface area contributed by atoms with Crippen molar-refractivity contribution in [2.45, 2.75) is 26.3 Å². The minimum absolute atomic E-state index is 0.221. The average Bonchev–Trinajstić information content (AvgIpc) is 2.60. The first-order valence-corrected chi connectivity index (χ1v) is 4.37. The van der Waals surface area contributed by atoms with Crippen LogP contribution in [0.5, 0.6) is 0 Å². The van der Waals surface area contributed by atoms with Crippen LogP contribution >= 0.6 is 0 Å². The van der Waals surface area contributed by atoms with E-state index in [0.717, 1.165) is 0 Å². The van der Waals surface area contributed by atoms with Crippen molar-refractivity contribution >= 4 is 5.91 Å². The Hall–Kier alpha value is -1.76. The van der Waals surface area contributed by atoms with Crippen LogP contribution in [0.15, 0.2) is 10.7 Å². The molecule has 1 atom stereocenters. The highest BCUT2D eigenvalue weighted by Crippen LogP contribution is 2.05. The number of terminal acetylenes is 1. The van der Waals surface area contributed by atoms with Gasteiger partial charge in [-0.2, -0.15) is 0 Å². The third-order valence-corrected chi connectivity index (χ3v) is 1.87. The topological polar surface area (TPSA) is 55.1 Å². The Balaban J connectivity index is 2.69. The summed E-state index contributed by atoms with van der Waals surface area (Å²) in [5.41, 5.74) is 0.703. The number of hydrogen-bond acceptors (Lipinski definition) is 3. The maximum atomic E-state index is 11.5. The number of nitrogens with zero attached hydrogens (tertiary/aromatic N) is 1. The van der Waals surface area contributed by atoms with Gasteiger partial charge in [-0.1, -0.05) is 18.0 Å². The SMILES string of the molecule is C#CC(CC)NC(=O)c1oncc1C. The summed E-state index contributed by atoms with van der Waals surface area (Å²) in [6.45, 7) is 3.65. The molecule has 4 heteroatoms. The summed E-state index contributed by atoms with van der Waals surface area (Å²) in [5.74, 6) is 2.38. The number of carbonyl (C=O) groups excluding carboxylic acids is 1. The van der Waals surface area contributed by atoms with Crippen LogP contribution in [-0.2, 0) is 0 Å². The fraction of sp³-hybridized carbons (Fsp3) is 0.400. The van der Waals surface area contributed by atoms with Gasteiger partial charge in [0.2, 0.25) is 5.76 Å². The van der Waals surface area contributed by atoms with Gasteiger partial charge in [0.1, 0.15) is 0 Å². The van der Waals surface area contributed by atoms with Crippen molar-refractivity contribution in [1.82, 2.24) is 10.5 Å². The molecule has 0 aliphatic carbocycles. The highest BCUT2D eigenvalue weighted by Gasteiger charge is 2.16. The molecule has 4 nitrogen and oxygen atoms in total. The molecule has 1 aromatic rings. The minimum Gasteiger partial charge on any atom is -0.351 e. The summed E-state index contributed by atoms with van der Waals surface area (Å²) >= 11 is 0. The van der Waals surface area contributed by atoms with E-state index in [0.29, 0.717) is 12.0 Å². The molecule has 1 amide bonds. The molecule has 74 valence electrons. The number of hydrogen-bond donors (Lipinski definition) is 1. The largest absolute Gasteiger partial charge is 0.351 e. The molecule has 0 saturated heterocycles. The molecular weight excluding hydrogens is 180 g/mol. The standard InChI is InChI=1S/C10H12N2O2/c1-4-8(5-2)12-10(13)9-7(3)6-11-14-9/h1,6,8H,5H2,2-3H3,(H,12,13). The highest BCUT2D eigenvalue weighted by molar-refractivity contribution is 5.92. The second-order valence-electron chi connectivity index (χ2n) is 2.94. The lowest BCUT2D eigenvalue weighted by Gasteiger charge is -2.08. The predicted octanol–water partition coefficient (Wildman–Crippen LogP) is 1.12. The van der Waals surface area contributed by atoms with Gasteiger partial charge in [-0.3, -0.25) is 4.79 Å². The summed E-state index contributed by atoms with van der Waals surface area (Å²) in [4.78, 5) is 11.5. The fourth-order valence-electron chi connectivity index (χ4n) is 0.995. The van der Waals surface area contributed by atoms with Crippen molar-refractivity contribution in [3.8, 4) is 12.3 Å². The van der Waals surface area contributed by atoms with Crippen LogP contribution < -0.4 is 5.32 Å². The Morgan fingerprint density at radius 2 is 2.57 bits per heavy atom. The van der Waals surface area contributed by atoms with Crippen LogP contribution in [0.1, 0.15) is 29.5 Å². The Bertz CT molecular complexity index is 362. The highest BCUT2D eigenvalue weighted by atomic mass is 16.5. The maximum absolute atomic E-state index is 11.5. The molecule has 1 N–H and O–H groups in total. The van der Waals surface area contributed by atoms with E-state index in [1.165, 1.54) is 6.20 Å². The van der Waals surface area contributed by atoms with E-state index in [2.05, 4.69) is 16.4 Å². The molecule has 0 saturated carbocycles. The normalized spacial score (nSPS) is 11.8. The molecule has 0 aliphatic heterocycles. The molecule has 1 rings (SSSR count). The Morgan fingerprint density at radius 1 is 1.86 bits per heavy atom. The summed E-state index contributed by atoms with van der Waals surface area (Å²) in [6.07, 6.45) is 7.39. The molecule has 0 aromatic carbocycles. The number of amides is 1. The third-order valence-electron chi connectivity index (χ3n) is 1.87. The third kappa shape index (κ3) is 2.13. The second kappa shape index (κ2) is 4.47. The summed E-state index contributed by atoms with van der Waals surface area (Å²) in [7, 11) is 0. The smallest absolute Gasteiger partial charge is 0.291 e. The van der Waals surface area contributed by atoms with Crippen molar-refractivity contribution in [2.75, 3.05) is 0 Å². The van der Waals surface area contributed by atoms with Gasteiger partial charge < -0.3 is 9.84 Å².